The second-order valence-corrected chi connectivity index (χ2v) is 7.59. The van der Waals surface area contributed by atoms with Crippen LogP contribution in [0, 0.1) is 6.92 Å². The molecule has 1 aliphatic rings. The van der Waals surface area contributed by atoms with Crippen molar-refractivity contribution in [2.24, 2.45) is 0 Å². The van der Waals surface area contributed by atoms with Gasteiger partial charge in [0.1, 0.15) is 5.75 Å². The first-order valence-corrected chi connectivity index (χ1v) is 10.1. The molecule has 0 aromatic heterocycles. The molecule has 2 aromatic rings. The molecule has 5 heteroatoms. The highest BCUT2D eigenvalue weighted by Gasteiger charge is 2.13. The van der Waals surface area contributed by atoms with E-state index in [0.29, 0.717) is 19.4 Å². The van der Waals surface area contributed by atoms with Crippen LogP contribution in [-0.4, -0.2) is 55.5 Å². The van der Waals surface area contributed by atoms with Crippen LogP contribution in [0.25, 0.3) is 0 Å². The summed E-state index contributed by atoms with van der Waals surface area (Å²) >= 11 is 0. The molecule has 28 heavy (non-hydrogen) atoms. The van der Waals surface area contributed by atoms with Gasteiger partial charge >= 0.3 is 0 Å². The number of carbonyl (C=O) groups excluding carboxylic acids is 1. The minimum absolute atomic E-state index is 0.0272. The molecule has 1 N–H and O–H groups in total. The summed E-state index contributed by atoms with van der Waals surface area (Å²) in [6.45, 7) is 8.04. The number of amides is 1. The van der Waals surface area contributed by atoms with E-state index >= 15 is 0 Å². The number of benzene rings is 2. The average molecular weight is 382 g/mol. The summed E-state index contributed by atoms with van der Waals surface area (Å²) in [5.41, 5.74) is 3.35. The predicted molar refractivity (Wildman–Crippen MR) is 114 cm³/mol. The highest BCUT2D eigenvalue weighted by Crippen LogP contribution is 2.14. The Balaban J connectivity index is 1.35. The van der Waals surface area contributed by atoms with Crippen molar-refractivity contribution in [3.8, 4) is 5.75 Å². The van der Waals surface area contributed by atoms with Crippen LogP contribution >= 0.6 is 0 Å². The summed E-state index contributed by atoms with van der Waals surface area (Å²) in [5, 5.41) is 2.97. The van der Waals surface area contributed by atoms with E-state index in [1.165, 1.54) is 11.1 Å². The highest BCUT2D eigenvalue weighted by atomic mass is 16.5. The number of ether oxygens (including phenoxy) is 1. The zero-order valence-electron chi connectivity index (χ0n) is 17.0. The van der Waals surface area contributed by atoms with Gasteiger partial charge in [-0.25, -0.2) is 0 Å². The number of anilines is 1. The number of carbonyl (C=O) groups is 1. The molecule has 1 amide bonds. The fraction of sp³-hybridized carbons (Fsp3) is 0.435. The van der Waals surface area contributed by atoms with E-state index in [1.807, 2.05) is 43.3 Å². The molecule has 0 spiro atoms. The highest BCUT2D eigenvalue weighted by molar-refractivity contribution is 5.90. The number of nitrogens with zero attached hydrogens (tertiary/aromatic N) is 2. The normalized spacial score (nSPS) is 15.4. The molecule has 0 bridgehead atoms. The van der Waals surface area contributed by atoms with Gasteiger partial charge in [-0.05, 0) is 50.2 Å². The SMILES string of the molecule is Cc1ccc(OCCCC(=O)Nc2ccc(CN3CCN(C)CC3)cc2)cc1. The Labute approximate surface area is 168 Å². The summed E-state index contributed by atoms with van der Waals surface area (Å²) in [4.78, 5) is 17.0. The lowest BCUT2D eigenvalue weighted by molar-refractivity contribution is -0.116. The number of hydrogen-bond donors (Lipinski definition) is 1. The maximum atomic E-state index is 12.1. The van der Waals surface area contributed by atoms with Gasteiger partial charge in [0, 0.05) is 44.8 Å². The second-order valence-electron chi connectivity index (χ2n) is 7.59. The first-order valence-electron chi connectivity index (χ1n) is 10.1. The molecule has 2 aromatic carbocycles. The van der Waals surface area contributed by atoms with E-state index in [4.69, 9.17) is 4.74 Å². The third kappa shape index (κ3) is 6.66. The van der Waals surface area contributed by atoms with Gasteiger partial charge in [-0.3, -0.25) is 9.69 Å². The van der Waals surface area contributed by atoms with Crippen LogP contribution in [0.3, 0.4) is 0 Å². The number of piperazine rings is 1. The number of likely N-dealkylation sites (N-methyl/N-ethyl adjacent to an activating group) is 1. The first kappa shape index (κ1) is 20.4. The zero-order valence-corrected chi connectivity index (χ0v) is 17.0. The Morgan fingerprint density at radius 3 is 2.36 bits per heavy atom. The Bertz CT molecular complexity index is 735. The second kappa shape index (κ2) is 10.2. The van der Waals surface area contributed by atoms with Crippen LogP contribution in [0.5, 0.6) is 5.75 Å². The maximum Gasteiger partial charge on any atom is 0.224 e. The smallest absolute Gasteiger partial charge is 0.224 e. The van der Waals surface area contributed by atoms with E-state index in [2.05, 4.69) is 34.3 Å². The fourth-order valence-electron chi connectivity index (χ4n) is 3.24. The molecule has 150 valence electrons. The molecular weight excluding hydrogens is 350 g/mol. The molecule has 1 saturated heterocycles. The van der Waals surface area contributed by atoms with Crippen LogP contribution in [-0.2, 0) is 11.3 Å². The Kier molecular flexibility index (Phi) is 7.46. The largest absolute Gasteiger partial charge is 0.494 e. The lowest BCUT2D eigenvalue weighted by Gasteiger charge is -2.32. The van der Waals surface area contributed by atoms with Gasteiger partial charge < -0.3 is 15.0 Å². The molecule has 1 heterocycles. The predicted octanol–water partition coefficient (Wildman–Crippen LogP) is 3.54. The van der Waals surface area contributed by atoms with Gasteiger partial charge in [0.15, 0.2) is 0 Å². The molecule has 0 atom stereocenters. The van der Waals surface area contributed by atoms with Crippen molar-refractivity contribution in [3.63, 3.8) is 0 Å². The van der Waals surface area contributed by atoms with Crippen molar-refractivity contribution >= 4 is 11.6 Å². The van der Waals surface area contributed by atoms with E-state index in [0.717, 1.165) is 44.2 Å². The van der Waals surface area contributed by atoms with Gasteiger partial charge in [-0.15, -0.1) is 0 Å². The van der Waals surface area contributed by atoms with Crippen LogP contribution in [0.15, 0.2) is 48.5 Å². The summed E-state index contributed by atoms with van der Waals surface area (Å²) < 4.78 is 5.67. The van der Waals surface area contributed by atoms with Crippen molar-refractivity contribution in [3.05, 3.63) is 59.7 Å². The Morgan fingerprint density at radius 1 is 1.00 bits per heavy atom. The zero-order chi connectivity index (χ0) is 19.8. The fourth-order valence-corrected chi connectivity index (χ4v) is 3.24. The van der Waals surface area contributed by atoms with Gasteiger partial charge in [0.2, 0.25) is 5.91 Å². The van der Waals surface area contributed by atoms with Crippen LogP contribution < -0.4 is 10.1 Å². The van der Waals surface area contributed by atoms with Crippen molar-refractivity contribution in [1.29, 1.82) is 0 Å². The minimum atomic E-state index is 0.0272. The van der Waals surface area contributed by atoms with Crippen LogP contribution in [0.2, 0.25) is 0 Å². The molecule has 3 rings (SSSR count). The van der Waals surface area contributed by atoms with E-state index < -0.39 is 0 Å². The Morgan fingerprint density at radius 2 is 1.68 bits per heavy atom. The lowest BCUT2D eigenvalue weighted by atomic mass is 10.1. The molecule has 0 aliphatic carbocycles. The summed E-state index contributed by atoms with van der Waals surface area (Å²) in [5.74, 6) is 0.876. The third-order valence-electron chi connectivity index (χ3n) is 5.08. The lowest BCUT2D eigenvalue weighted by Crippen LogP contribution is -2.43. The first-order chi connectivity index (χ1) is 13.6. The quantitative estimate of drug-likeness (QED) is 0.711. The van der Waals surface area contributed by atoms with Gasteiger partial charge in [-0.1, -0.05) is 29.8 Å². The van der Waals surface area contributed by atoms with E-state index in [-0.39, 0.29) is 5.91 Å². The van der Waals surface area contributed by atoms with E-state index in [9.17, 15) is 4.79 Å². The minimum Gasteiger partial charge on any atom is -0.494 e. The number of hydrogen-bond acceptors (Lipinski definition) is 4. The topological polar surface area (TPSA) is 44.8 Å². The number of rotatable bonds is 8. The van der Waals surface area contributed by atoms with Crippen molar-refractivity contribution in [1.82, 2.24) is 9.80 Å². The number of nitrogens with one attached hydrogen (secondary N) is 1. The molecular formula is C23H31N3O2. The van der Waals surface area contributed by atoms with Crippen molar-refractivity contribution in [2.75, 3.05) is 45.2 Å². The molecule has 5 nitrogen and oxygen atoms in total. The van der Waals surface area contributed by atoms with Gasteiger partial charge in [0.25, 0.3) is 0 Å². The number of aryl methyl sites for hydroxylation is 1. The van der Waals surface area contributed by atoms with Crippen LogP contribution in [0.1, 0.15) is 24.0 Å². The molecule has 1 fully saturated rings. The summed E-state index contributed by atoms with van der Waals surface area (Å²) in [7, 11) is 2.17. The monoisotopic (exact) mass is 381 g/mol. The van der Waals surface area contributed by atoms with Crippen LogP contribution in [0.4, 0.5) is 5.69 Å². The van der Waals surface area contributed by atoms with E-state index in [1.54, 1.807) is 0 Å². The third-order valence-corrected chi connectivity index (χ3v) is 5.08. The van der Waals surface area contributed by atoms with Gasteiger partial charge in [-0.2, -0.15) is 0 Å². The summed E-state index contributed by atoms with van der Waals surface area (Å²) in [6.07, 6.45) is 1.15. The summed E-state index contributed by atoms with van der Waals surface area (Å²) in [6, 6.07) is 16.2. The molecule has 1 aliphatic heterocycles. The molecule has 0 saturated carbocycles. The molecule has 0 radical (unpaired) electrons. The van der Waals surface area contributed by atoms with Crippen molar-refractivity contribution in [2.45, 2.75) is 26.3 Å². The maximum absolute atomic E-state index is 12.1. The average Bonchev–Trinajstić information content (AvgIpc) is 2.70. The van der Waals surface area contributed by atoms with Crippen molar-refractivity contribution < 1.29 is 9.53 Å². The van der Waals surface area contributed by atoms with Gasteiger partial charge in [0.05, 0.1) is 6.61 Å². The molecule has 0 unspecified atom stereocenters. The standard InChI is InChI=1S/C23H31N3O2/c1-19-5-11-22(12-6-19)28-17-3-4-23(27)24-21-9-7-20(8-10-21)18-26-15-13-25(2)14-16-26/h5-12H,3-4,13-18H2,1-2H3,(H,24,27). The Hall–Kier alpha value is -2.37.